The van der Waals surface area contributed by atoms with E-state index in [2.05, 4.69) is 20.3 Å². The Bertz CT molecular complexity index is 2050. The molecule has 0 spiro atoms. The maximum Gasteiger partial charge on any atom is 0.256 e. The number of carbonyl (C=O) groups is 1. The number of hydrogen-bond acceptors (Lipinski definition) is 10. The largest absolute Gasteiger partial charge is 0.497 e. The number of fused-ring (bicyclic) bond motifs is 1. The SMILES string of the molecule is COc1ccc(C(OCC[C@H]2O[C@@H](n3cnc4c(NC(=O)c5ccccc5)ncnc43)[C@H](O)[C@@H]2CO)(c2ccccc2)c2ccc(OC)cc2)cc1. The molecule has 266 valence electrons. The normalized spacial score (nSPS) is 18.7. The smallest absolute Gasteiger partial charge is 0.256 e. The Morgan fingerprint density at radius 1 is 0.827 bits per heavy atom. The molecule has 6 aromatic rings. The fourth-order valence-electron chi connectivity index (χ4n) is 6.83. The number of imidazole rings is 1. The molecule has 0 radical (unpaired) electrons. The van der Waals surface area contributed by atoms with Gasteiger partial charge in [0.1, 0.15) is 29.5 Å². The van der Waals surface area contributed by atoms with E-state index in [-0.39, 0.29) is 24.9 Å². The summed E-state index contributed by atoms with van der Waals surface area (Å²) in [5.41, 5.74) is 2.80. The van der Waals surface area contributed by atoms with Crippen molar-refractivity contribution in [3.8, 4) is 11.5 Å². The minimum Gasteiger partial charge on any atom is -0.497 e. The van der Waals surface area contributed by atoms with Gasteiger partial charge in [0.15, 0.2) is 23.2 Å². The number of anilines is 1. The second kappa shape index (κ2) is 15.3. The van der Waals surface area contributed by atoms with E-state index in [4.69, 9.17) is 18.9 Å². The summed E-state index contributed by atoms with van der Waals surface area (Å²) in [6.07, 6.45) is 0.570. The number of amides is 1. The number of methoxy groups -OCH3 is 2. The second-order valence-electron chi connectivity index (χ2n) is 12.4. The molecule has 3 heterocycles. The minimum absolute atomic E-state index is 0.204. The van der Waals surface area contributed by atoms with Crippen LogP contribution in [0.15, 0.2) is 122 Å². The zero-order chi connectivity index (χ0) is 36.1. The first kappa shape index (κ1) is 34.8. The van der Waals surface area contributed by atoms with E-state index >= 15 is 0 Å². The third kappa shape index (κ3) is 6.60. The van der Waals surface area contributed by atoms with Gasteiger partial charge in [-0.3, -0.25) is 9.36 Å². The average molecular weight is 702 g/mol. The molecular formula is C40H39N5O7. The highest BCUT2D eigenvalue weighted by molar-refractivity contribution is 6.06. The van der Waals surface area contributed by atoms with Crippen LogP contribution < -0.4 is 14.8 Å². The molecule has 7 rings (SSSR count). The summed E-state index contributed by atoms with van der Waals surface area (Å²) in [5, 5.41) is 24.8. The van der Waals surface area contributed by atoms with E-state index in [1.807, 2.05) is 84.9 Å². The van der Waals surface area contributed by atoms with Crippen molar-refractivity contribution in [1.29, 1.82) is 0 Å². The van der Waals surface area contributed by atoms with Gasteiger partial charge in [0.25, 0.3) is 5.91 Å². The number of hydrogen-bond donors (Lipinski definition) is 3. The summed E-state index contributed by atoms with van der Waals surface area (Å²) in [7, 11) is 3.26. The van der Waals surface area contributed by atoms with Crippen molar-refractivity contribution in [3.05, 3.63) is 144 Å². The van der Waals surface area contributed by atoms with Crippen LogP contribution in [0.25, 0.3) is 11.2 Å². The van der Waals surface area contributed by atoms with Gasteiger partial charge < -0.3 is 34.5 Å². The van der Waals surface area contributed by atoms with Crippen molar-refractivity contribution in [1.82, 2.24) is 19.5 Å². The van der Waals surface area contributed by atoms with E-state index in [1.54, 1.807) is 43.1 Å². The summed E-state index contributed by atoms with van der Waals surface area (Å²) in [5.74, 6) is 0.687. The van der Waals surface area contributed by atoms with Crippen LogP contribution in [-0.2, 0) is 15.1 Å². The molecule has 1 amide bonds. The maximum absolute atomic E-state index is 12.9. The minimum atomic E-state index is -1.09. The molecule has 3 N–H and O–H groups in total. The van der Waals surface area contributed by atoms with Gasteiger partial charge in [0.2, 0.25) is 0 Å². The van der Waals surface area contributed by atoms with Gasteiger partial charge in [-0.2, -0.15) is 0 Å². The topological polar surface area (TPSA) is 150 Å². The van der Waals surface area contributed by atoms with Crippen LogP contribution in [0.5, 0.6) is 11.5 Å². The summed E-state index contributed by atoms with van der Waals surface area (Å²) in [4.78, 5) is 26.0. The number of rotatable bonds is 13. The lowest BCUT2D eigenvalue weighted by molar-refractivity contribution is -0.0555. The fourth-order valence-corrected chi connectivity index (χ4v) is 6.83. The molecule has 12 nitrogen and oxygen atoms in total. The van der Waals surface area contributed by atoms with Crippen molar-refractivity contribution < 1.29 is 34.0 Å². The van der Waals surface area contributed by atoms with Crippen molar-refractivity contribution in [2.24, 2.45) is 5.92 Å². The molecule has 1 aliphatic rings. The molecule has 1 fully saturated rings. The molecule has 2 aromatic heterocycles. The monoisotopic (exact) mass is 701 g/mol. The third-order valence-electron chi connectivity index (χ3n) is 9.53. The number of aliphatic hydroxyl groups excluding tert-OH is 2. The van der Waals surface area contributed by atoms with E-state index in [0.717, 1.165) is 16.7 Å². The van der Waals surface area contributed by atoms with Crippen molar-refractivity contribution in [2.45, 2.75) is 30.5 Å². The zero-order valence-electron chi connectivity index (χ0n) is 28.7. The Kier molecular flexibility index (Phi) is 10.2. The second-order valence-corrected chi connectivity index (χ2v) is 12.4. The quantitative estimate of drug-likeness (QED) is 0.134. The predicted octanol–water partition coefficient (Wildman–Crippen LogP) is 5.36. The predicted molar refractivity (Wildman–Crippen MR) is 193 cm³/mol. The van der Waals surface area contributed by atoms with Crippen LogP contribution in [0.1, 0.15) is 39.7 Å². The highest BCUT2D eigenvalue weighted by atomic mass is 16.5. The molecule has 1 saturated heterocycles. The first-order valence-corrected chi connectivity index (χ1v) is 16.9. The summed E-state index contributed by atoms with van der Waals surface area (Å²) in [6.45, 7) is -0.112. The molecule has 4 atom stereocenters. The van der Waals surface area contributed by atoms with Gasteiger partial charge in [0.05, 0.1) is 39.9 Å². The lowest BCUT2D eigenvalue weighted by Crippen LogP contribution is -2.35. The lowest BCUT2D eigenvalue weighted by Gasteiger charge is -2.36. The van der Waals surface area contributed by atoms with E-state index in [0.29, 0.717) is 34.6 Å². The standard InChI is InChI=1S/C40H39N5O7/c1-49-30-17-13-28(14-18-30)40(27-11-7-4-8-12-27,29-15-19-31(50-2)20-16-29)51-22-21-33-32(23-46)35(47)39(52-33)45-25-43-34-36(41-24-42-37(34)45)44-38(48)26-9-5-3-6-10-26/h3-20,24-25,32-33,35,39,46-47H,21-23H2,1-2H3,(H,41,42,44,48)/t32-,33-,35-,39-/m1/s1. The zero-order valence-corrected chi connectivity index (χ0v) is 28.7. The fraction of sp³-hybridized carbons (Fsp3) is 0.250. The van der Waals surface area contributed by atoms with Gasteiger partial charge >= 0.3 is 0 Å². The molecule has 0 bridgehead atoms. The molecule has 4 aromatic carbocycles. The van der Waals surface area contributed by atoms with Gasteiger partial charge in [-0.15, -0.1) is 0 Å². The molecular weight excluding hydrogens is 662 g/mol. The van der Waals surface area contributed by atoms with Crippen LogP contribution in [0.2, 0.25) is 0 Å². The first-order valence-electron chi connectivity index (χ1n) is 16.9. The summed E-state index contributed by atoms with van der Waals surface area (Å²) >= 11 is 0. The summed E-state index contributed by atoms with van der Waals surface area (Å²) < 4.78 is 26.0. The van der Waals surface area contributed by atoms with Crippen molar-refractivity contribution in [2.75, 3.05) is 32.8 Å². The van der Waals surface area contributed by atoms with Crippen LogP contribution in [-0.4, -0.2) is 75.3 Å². The molecule has 1 aliphatic heterocycles. The number of aliphatic hydroxyl groups is 2. The van der Waals surface area contributed by atoms with Crippen LogP contribution in [0.3, 0.4) is 0 Å². The number of aromatic nitrogens is 4. The molecule has 0 unspecified atom stereocenters. The van der Waals surface area contributed by atoms with E-state index < -0.39 is 30.0 Å². The van der Waals surface area contributed by atoms with Gasteiger partial charge in [-0.25, -0.2) is 15.0 Å². The molecule has 12 heteroatoms. The maximum atomic E-state index is 12.9. The number of nitrogens with one attached hydrogen (secondary N) is 1. The van der Waals surface area contributed by atoms with Crippen LogP contribution in [0, 0.1) is 5.92 Å². The highest BCUT2D eigenvalue weighted by Crippen LogP contribution is 2.43. The van der Waals surface area contributed by atoms with Gasteiger partial charge in [-0.1, -0.05) is 72.8 Å². The lowest BCUT2D eigenvalue weighted by atomic mass is 9.80. The third-order valence-corrected chi connectivity index (χ3v) is 9.53. The van der Waals surface area contributed by atoms with Crippen molar-refractivity contribution in [3.63, 3.8) is 0 Å². The number of carbonyl (C=O) groups excluding carboxylic acids is 1. The summed E-state index contributed by atoms with van der Waals surface area (Å²) in [6, 6.07) is 34.3. The molecule has 0 aliphatic carbocycles. The molecule has 52 heavy (non-hydrogen) atoms. The van der Waals surface area contributed by atoms with Gasteiger partial charge in [0, 0.05) is 11.5 Å². The van der Waals surface area contributed by atoms with Crippen LogP contribution in [0.4, 0.5) is 5.82 Å². The Morgan fingerprint density at radius 2 is 1.42 bits per heavy atom. The number of benzene rings is 4. The first-order chi connectivity index (χ1) is 25.5. The molecule has 0 saturated carbocycles. The Hall–Kier alpha value is -5.66. The number of nitrogens with zero attached hydrogens (tertiary/aromatic N) is 4. The number of ether oxygens (including phenoxy) is 4. The Labute approximate surface area is 300 Å². The highest BCUT2D eigenvalue weighted by Gasteiger charge is 2.45. The average Bonchev–Trinajstić information content (AvgIpc) is 3.77. The van der Waals surface area contributed by atoms with E-state index in [9.17, 15) is 15.0 Å². The van der Waals surface area contributed by atoms with Crippen molar-refractivity contribution >= 4 is 22.9 Å². The Balaban J connectivity index is 1.16. The Morgan fingerprint density at radius 3 is 2.02 bits per heavy atom. The van der Waals surface area contributed by atoms with Gasteiger partial charge in [-0.05, 0) is 59.5 Å². The van der Waals surface area contributed by atoms with E-state index in [1.165, 1.54) is 12.7 Å². The van der Waals surface area contributed by atoms with Crippen LogP contribution >= 0.6 is 0 Å².